The molecule has 0 aliphatic heterocycles. The van der Waals surface area contributed by atoms with Gasteiger partial charge in [0.1, 0.15) is 11.5 Å². The molecule has 1 aromatic heterocycles. The summed E-state index contributed by atoms with van der Waals surface area (Å²) in [6.45, 7) is -0.312. The Balaban J connectivity index is 1.63. The molecule has 0 fully saturated rings. The van der Waals surface area contributed by atoms with Gasteiger partial charge in [-0.3, -0.25) is 0 Å². The lowest BCUT2D eigenvalue weighted by Gasteiger charge is -2.23. The molecule has 3 aromatic carbocycles. The van der Waals surface area contributed by atoms with Crippen LogP contribution in [0.2, 0.25) is 0 Å². The lowest BCUT2D eigenvalue weighted by atomic mass is 10.2. The summed E-state index contributed by atoms with van der Waals surface area (Å²) in [4.78, 5) is 11.0. The van der Waals surface area contributed by atoms with Gasteiger partial charge < -0.3 is 14.6 Å². The van der Waals surface area contributed by atoms with E-state index in [1.807, 2.05) is 36.5 Å². The molecule has 4 aromatic rings. The van der Waals surface area contributed by atoms with Gasteiger partial charge in [0.25, 0.3) is 0 Å². The topological polar surface area (TPSA) is 111 Å². The summed E-state index contributed by atoms with van der Waals surface area (Å²) >= 11 is 0. The Morgan fingerprint density at radius 1 is 0.944 bits per heavy atom. The van der Waals surface area contributed by atoms with Gasteiger partial charge in [0.05, 0.1) is 17.7 Å². The van der Waals surface area contributed by atoms with Crippen LogP contribution < -0.4 is 9.47 Å². The van der Waals surface area contributed by atoms with Crippen LogP contribution in [0.3, 0.4) is 0 Å². The van der Waals surface area contributed by atoms with Crippen molar-refractivity contribution >= 4 is 16.0 Å². The average Bonchev–Trinajstić information content (AvgIpc) is 3.43. The molecule has 0 saturated carbocycles. The minimum atomic E-state index is -3.89. The Bertz CT molecular complexity index is 1400. The molecule has 186 valence electrons. The third-order valence-electron chi connectivity index (χ3n) is 5.38. The number of aromatic nitrogens is 2. The van der Waals surface area contributed by atoms with E-state index in [-0.39, 0.29) is 18.0 Å². The molecule has 0 amide bonds. The number of benzene rings is 3. The zero-order valence-corrected chi connectivity index (χ0v) is 20.3. The minimum absolute atomic E-state index is 0.0551. The second-order valence-electron chi connectivity index (χ2n) is 7.90. The van der Waals surface area contributed by atoms with Gasteiger partial charge in [-0.15, -0.1) is 0 Å². The summed E-state index contributed by atoms with van der Waals surface area (Å²) in [6.07, 6.45) is 3.51. The van der Waals surface area contributed by atoms with Gasteiger partial charge in [0.15, 0.2) is 6.61 Å². The van der Waals surface area contributed by atoms with Crippen LogP contribution in [0.1, 0.15) is 11.1 Å². The Labute approximate surface area is 209 Å². The molecule has 9 nitrogen and oxygen atoms in total. The van der Waals surface area contributed by atoms with Crippen LogP contribution in [-0.2, 0) is 27.9 Å². The number of rotatable bonds is 11. The lowest BCUT2D eigenvalue weighted by Crippen LogP contribution is -2.30. The fraction of sp³-hybridized carbons (Fsp3) is 0.154. The number of carboxylic acid groups (broad SMARTS) is 1. The van der Waals surface area contributed by atoms with E-state index in [1.54, 1.807) is 47.3 Å². The van der Waals surface area contributed by atoms with Crippen molar-refractivity contribution in [1.29, 1.82) is 0 Å². The van der Waals surface area contributed by atoms with Crippen molar-refractivity contribution < 1.29 is 27.8 Å². The fourth-order valence-electron chi connectivity index (χ4n) is 3.58. The SMILES string of the molecule is COc1ccc(S(=O)(=O)N(Cc2ccc(-n3cccn3)cc2)Cc2cccc(OCC(=O)O)c2)cc1. The van der Waals surface area contributed by atoms with E-state index in [9.17, 15) is 13.2 Å². The van der Waals surface area contributed by atoms with Crippen molar-refractivity contribution in [2.24, 2.45) is 0 Å². The molecule has 4 rings (SSSR count). The molecule has 0 atom stereocenters. The Morgan fingerprint density at radius 3 is 2.31 bits per heavy atom. The number of sulfonamides is 1. The van der Waals surface area contributed by atoms with E-state index >= 15 is 0 Å². The minimum Gasteiger partial charge on any atom is -0.497 e. The molecule has 0 aliphatic rings. The third-order valence-corrected chi connectivity index (χ3v) is 7.19. The fourth-order valence-corrected chi connectivity index (χ4v) is 5.00. The van der Waals surface area contributed by atoms with E-state index in [0.29, 0.717) is 17.1 Å². The van der Waals surface area contributed by atoms with Crippen LogP contribution in [0.25, 0.3) is 5.69 Å². The zero-order chi connectivity index (χ0) is 25.5. The van der Waals surface area contributed by atoms with Gasteiger partial charge in [0, 0.05) is 25.5 Å². The highest BCUT2D eigenvalue weighted by molar-refractivity contribution is 7.89. The van der Waals surface area contributed by atoms with Gasteiger partial charge in [-0.2, -0.15) is 9.40 Å². The summed E-state index contributed by atoms with van der Waals surface area (Å²) < 4.78 is 40.8. The molecular weight excluding hydrogens is 482 g/mol. The van der Waals surface area contributed by atoms with Crippen LogP contribution in [0.15, 0.2) is 96.2 Å². The van der Waals surface area contributed by atoms with E-state index in [0.717, 1.165) is 11.3 Å². The van der Waals surface area contributed by atoms with Gasteiger partial charge in [-0.05, 0) is 65.7 Å². The van der Waals surface area contributed by atoms with E-state index in [2.05, 4.69) is 5.10 Å². The van der Waals surface area contributed by atoms with E-state index in [1.165, 1.54) is 23.5 Å². The number of carboxylic acids is 1. The second-order valence-corrected chi connectivity index (χ2v) is 9.83. The first kappa shape index (κ1) is 25.0. The molecule has 0 saturated heterocycles. The number of hydrogen-bond donors (Lipinski definition) is 1. The van der Waals surface area contributed by atoms with Gasteiger partial charge in [0.2, 0.25) is 10.0 Å². The smallest absolute Gasteiger partial charge is 0.341 e. The van der Waals surface area contributed by atoms with Gasteiger partial charge in [-0.25, -0.2) is 17.9 Å². The molecule has 0 bridgehead atoms. The number of methoxy groups -OCH3 is 1. The predicted octanol–water partition coefficient (Wildman–Crippen LogP) is 3.74. The van der Waals surface area contributed by atoms with Crippen LogP contribution >= 0.6 is 0 Å². The summed E-state index contributed by atoms with van der Waals surface area (Å²) in [6, 6.07) is 22.3. The average molecular weight is 508 g/mol. The highest BCUT2D eigenvalue weighted by Gasteiger charge is 2.25. The maximum absolute atomic E-state index is 13.7. The first-order valence-electron chi connectivity index (χ1n) is 11.0. The van der Waals surface area contributed by atoms with Crippen molar-refractivity contribution in [3.63, 3.8) is 0 Å². The zero-order valence-electron chi connectivity index (χ0n) is 19.5. The maximum Gasteiger partial charge on any atom is 0.341 e. The molecule has 0 aliphatic carbocycles. The number of carbonyl (C=O) groups is 1. The molecule has 1 N–H and O–H groups in total. The van der Waals surface area contributed by atoms with Gasteiger partial charge >= 0.3 is 5.97 Å². The molecular formula is C26H25N3O6S. The van der Waals surface area contributed by atoms with Gasteiger partial charge in [-0.1, -0.05) is 24.3 Å². The number of ether oxygens (including phenoxy) is 2. The monoisotopic (exact) mass is 507 g/mol. The van der Waals surface area contributed by atoms with Crippen molar-refractivity contribution in [3.05, 3.63) is 102 Å². The predicted molar refractivity (Wildman–Crippen MR) is 133 cm³/mol. The second kappa shape index (κ2) is 11.1. The Morgan fingerprint density at radius 2 is 1.67 bits per heavy atom. The quantitative estimate of drug-likeness (QED) is 0.329. The van der Waals surface area contributed by atoms with E-state index < -0.39 is 22.6 Å². The molecule has 36 heavy (non-hydrogen) atoms. The van der Waals surface area contributed by atoms with Crippen LogP contribution in [0, 0.1) is 0 Å². The summed E-state index contributed by atoms with van der Waals surface area (Å²) in [5, 5.41) is 13.1. The molecule has 0 unspecified atom stereocenters. The van der Waals surface area contributed by atoms with Crippen molar-refractivity contribution in [1.82, 2.24) is 14.1 Å². The van der Waals surface area contributed by atoms with Crippen molar-refractivity contribution in [2.75, 3.05) is 13.7 Å². The summed E-state index contributed by atoms with van der Waals surface area (Å²) in [5.74, 6) is -0.194. The molecule has 10 heteroatoms. The highest BCUT2D eigenvalue weighted by atomic mass is 32.2. The van der Waals surface area contributed by atoms with Crippen LogP contribution in [0.5, 0.6) is 11.5 Å². The largest absolute Gasteiger partial charge is 0.497 e. The van der Waals surface area contributed by atoms with Crippen molar-refractivity contribution in [2.45, 2.75) is 18.0 Å². The molecule has 0 radical (unpaired) electrons. The third kappa shape index (κ3) is 6.09. The Kier molecular flexibility index (Phi) is 7.67. The number of aliphatic carboxylic acids is 1. The first-order valence-corrected chi connectivity index (χ1v) is 12.5. The van der Waals surface area contributed by atoms with Crippen molar-refractivity contribution in [3.8, 4) is 17.2 Å². The number of hydrogen-bond acceptors (Lipinski definition) is 6. The van der Waals surface area contributed by atoms with Crippen LogP contribution in [-0.4, -0.2) is 47.3 Å². The summed E-state index contributed by atoms with van der Waals surface area (Å²) in [7, 11) is -2.37. The van der Waals surface area contributed by atoms with Crippen LogP contribution in [0.4, 0.5) is 0 Å². The summed E-state index contributed by atoms with van der Waals surface area (Å²) in [5.41, 5.74) is 2.31. The standard InChI is InChI=1S/C26H25N3O6S/c1-34-23-10-12-25(13-11-23)36(32,33)28(18-21-4-2-5-24(16-21)35-19-26(30)31)17-20-6-8-22(9-7-20)29-15-3-14-27-29/h2-16H,17-19H2,1H3,(H,30,31). The molecule has 0 spiro atoms. The van der Waals surface area contributed by atoms with E-state index in [4.69, 9.17) is 14.6 Å². The first-order chi connectivity index (χ1) is 17.3. The Hall–Kier alpha value is -4.15. The maximum atomic E-state index is 13.7. The lowest BCUT2D eigenvalue weighted by molar-refractivity contribution is -0.139. The number of nitrogens with zero attached hydrogens (tertiary/aromatic N) is 3. The normalized spacial score (nSPS) is 11.4. The highest BCUT2D eigenvalue weighted by Crippen LogP contribution is 2.25. The molecule has 1 heterocycles.